The van der Waals surface area contributed by atoms with E-state index in [0.29, 0.717) is 29.2 Å². The lowest BCUT2D eigenvalue weighted by molar-refractivity contribution is -0.133. The molecule has 0 atom stereocenters. The zero-order valence-electron chi connectivity index (χ0n) is 9.84. The Hall–Kier alpha value is -0.780. The normalized spacial score (nSPS) is 26.6. The first-order chi connectivity index (χ1) is 8.28. The van der Waals surface area contributed by atoms with Crippen LogP contribution in [-0.2, 0) is 4.79 Å². The topological polar surface area (TPSA) is 75.3 Å². The number of nitrogens with two attached hydrogens (primary N) is 1. The Kier molecular flexibility index (Phi) is 3.58. The van der Waals surface area contributed by atoms with E-state index in [2.05, 4.69) is 21.2 Å². The minimum Gasteiger partial charge on any atom is -0.396 e. The van der Waals surface area contributed by atoms with Crippen molar-refractivity contribution in [2.24, 2.45) is 5.92 Å². The SMILES string of the molecule is CC1(O)CC(C(=O)Nc2cc(Br)cc(Cl)c2N)C1. The summed E-state index contributed by atoms with van der Waals surface area (Å²) in [5.74, 6) is -0.306. The van der Waals surface area contributed by atoms with Crippen molar-refractivity contribution in [2.45, 2.75) is 25.4 Å². The number of hydrogen-bond donors (Lipinski definition) is 3. The monoisotopic (exact) mass is 332 g/mol. The van der Waals surface area contributed by atoms with Gasteiger partial charge in [-0.05, 0) is 31.9 Å². The Morgan fingerprint density at radius 2 is 2.22 bits per heavy atom. The highest BCUT2D eigenvalue weighted by atomic mass is 79.9. The zero-order chi connectivity index (χ0) is 13.5. The van der Waals surface area contributed by atoms with Crippen LogP contribution in [-0.4, -0.2) is 16.6 Å². The Bertz CT molecular complexity index is 497. The molecule has 0 unspecified atom stereocenters. The van der Waals surface area contributed by atoms with Gasteiger partial charge in [0.1, 0.15) is 0 Å². The number of carbonyl (C=O) groups excluding carboxylic acids is 1. The van der Waals surface area contributed by atoms with Crippen LogP contribution in [0.3, 0.4) is 0 Å². The summed E-state index contributed by atoms with van der Waals surface area (Å²) in [6.07, 6.45) is 0.945. The molecule has 1 fully saturated rings. The molecule has 0 aliphatic heterocycles. The number of benzene rings is 1. The van der Waals surface area contributed by atoms with Gasteiger partial charge < -0.3 is 16.2 Å². The molecule has 1 aliphatic carbocycles. The summed E-state index contributed by atoms with van der Waals surface area (Å²) in [5, 5.41) is 12.7. The third-order valence-electron chi connectivity index (χ3n) is 3.10. The molecule has 2 rings (SSSR count). The third-order valence-corrected chi connectivity index (χ3v) is 3.87. The van der Waals surface area contributed by atoms with Crippen LogP contribution < -0.4 is 11.1 Å². The lowest BCUT2D eigenvalue weighted by Gasteiger charge is -2.39. The van der Waals surface area contributed by atoms with Crippen molar-refractivity contribution in [3.05, 3.63) is 21.6 Å². The Morgan fingerprint density at radius 3 is 2.78 bits per heavy atom. The first-order valence-electron chi connectivity index (χ1n) is 5.56. The van der Waals surface area contributed by atoms with Crippen molar-refractivity contribution in [1.29, 1.82) is 0 Å². The van der Waals surface area contributed by atoms with Gasteiger partial charge in [-0.1, -0.05) is 27.5 Å². The molecule has 0 radical (unpaired) electrons. The van der Waals surface area contributed by atoms with Crippen LogP contribution in [0, 0.1) is 5.92 Å². The van der Waals surface area contributed by atoms with E-state index in [1.165, 1.54) is 0 Å². The number of hydrogen-bond acceptors (Lipinski definition) is 3. The van der Waals surface area contributed by atoms with Gasteiger partial charge in [-0.3, -0.25) is 4.79 Å². The van der Waals surface area contributed by atoms with Crippen LogP contribution in [0.15, 0.2) is 16.6 Å². The first kappa shape index (κ1) is 13.6. The molecule has 0 saturated heterocycles. The van der Waals surface area contributed by atoms with Crippen molar-refractivity contribution < 1.29 is 9.90 Å². The van der Waals surface area contributed by atoms with Crippen molar-refractivity contribution in [2.75, 3.05) is 11.1 Å². The maximum absolute atomic E-state index is 11.9. The average molecular weight is 334 g/mol. The van der Waals surface area contributed by atoms with E-state index in [9.17, 15) is 9.90 Å². The van der Waals surface area contributed by atoms with E-state index < -0.39 is 5.60 Å². The first-order valence-corrected chi connectivity index (χ1v) is 6.73. The summed E-state index contributed by atoms with van der Waals surface area (Å²) in [7, 11) is 0. The van der Waals surface area contributed by atoms with Crippen molar-refractivity contribution in [1.82, 2.24) is 0 Å². The standard InChI is InChI=1S/C12H14BrClN2O2/c1-12(18)4-6(5-12)11(17)16-9-3-7(13)2-8(14)10(9)15/h2-3,6,18H,4-5,15H2,1H3,(H,16,17). The number of rotatable bonds is 2. The molecule has 98 valence electrons. The number of halogens is 2. The van der Waals surface area contributed by atoms with Gasteiger partial charge in [0.2, 0.25) is 5.91 Å². The molecule has 4 N–H and O–H groups in total. The van der Waals surface area contributed by atoms with E-state index in [-0.39, 0.29) is 11.8 Å². The molecule has 18 heavy (non-hydrogen) atoms. The highest BCUT2D eigenvalue weighted by Gasteiger charge is 2.42. The number of nitrogen functional groups attached to an aromatic ring is 1. The fourth-order valence-corrected chi connectivity index (χ4v) is 2.92. The van der Waals surface area contributed by atoms with Crippen LogP contribution in [0.25, 0.3) is 0 Å². The molecule has 1 aliphatic rings. The van der Waals surface area contributed by atoms with Gasteiger partial charge in [0.25, 0.3) is 0 Å². The van der Waals surface area contributed by atoms with Crippen LogP contribution in [0.5, 0.6) is 0 Å². The predicted octanol–water partition coefficient (Wildman–Crippen LogP) is 2.78. The fraction of sp³-hybridized carbons (Fsp3) is 0.417. The number of aliphatic hydroxyl groups is 1. The zero-order valence-corrected chi connectivity index (χ0v) is 12.2. The largest absolute Gasteiger partial charge is 0.396 e. The molecule has 0 spiro atoms. The lowest BCUT2D eigenvalue weighted by atomic mass is 9.72. The second-order valence-corrected chi connectivity index (χ2v) is 6.26. The number of nitrogens with one attached hydrogen (secondary N) is 1. The highest BCUT2D eigenvalue weighted by Crippen LogP contribution is 2.39. The summed E-state index contributed by atoms with van der Waals surface area (Å²) < 4.78 is 0.748. The maximum Gasteiger partial charge on any atom is 0.227 e. The molecular weight excluding hydrogens is 320 g/mol. The number of amides is 1. The van der Waals surface area contributed by atoms with E-state index in [1.54, 1.807) is 19.1 Å². The second kappa shape index (κ2) is 4.72. The Balaban J connectivity index is 2.08. The Labute approximate surface area is 119 Å². The second-order valence-electron chi connectivity index (χ2n) is 4.94. The van der Waals surface area contributed by atoms with Gasteiger partial charge in [-0.2, -0.15) is 0 Å². The van der Waals surface area contributed by atoms with Crippen LogP contribution in [0.4, 0.5) is 11.4 Å². The molecule has 1 aromatic carbocycles. The van der Waals surface area contributed by atoms with E-state index >= 15 is 0 Å². The quantitative estimate of drug-likeness (QED) is 0.729. The van der Waals surface area contributed by atoms with E-state index in [4.69, 9.17) is 17.3 Å². The molecular formula is C12H14BrClN2O2. The number of carbonyl (C=O) groups is 1. The molecule has 1 amide bonds. The highest BCUT2D eigenvalue weighted by molar-refractivity contribution is 9.10. The van der Waals surface area contributed by atoms with Gasteiger partial charge in [-0.15, -0.1) is 0 Å². The Morgan fingerprint density at radius 1 is 1.61 bits per heavy atom. The molecule has 1 saturated carbocycles. The third kappa shape index (κ3) is 2.79. The van der Waals surface area contributed by atoms with Crippen LogP contribution in [0.2, 0.25) is 5.02 Å². The van der Waals surface area contributed by atoms with Crippen LogP contribution >= 0.6 is 27.5 Å². The summed E-state index contributed by atoms with van der Waals surface area (Å²) >= 11 is 9.22. The minimum absolute atomic E-state index is 0.137. The van der Waals surface area contributed by atoms with Crippen LogP contribution in [0.1, 0.15) is 19.8 Å². The summed E-state index contributed by atoms with van der Waals surface area (Å²) in [6, 6.07) is 3.37. The molecule has 0 aromatic heterocycles. The van der Waals surface area contributed by atoms with Crippen molar-refractivity contribution in [3.8, 4) is 0 Å². The van der Waals surface area contributed by atoms with Gasteiger partial charge in [-0.25, -0.2) is 0 Å². The summed E-state index contributed by atoms with van der Waals surface area (Å²) in [4.78, 5) is 11.9. The van der Waals surface area contributed by atoms with Gasteiger partial charge in [0.15, 0.2) is 0 Å². The predicted molar refractivity (Wildman–Crippen MR) is 75.5 cm³/mol. The molecule has 0 bridgehead atoms. The maximum atomic E-state index is 11.9. The van der Waals surface area contributed by atoms with Crippen molar-refractivity contribution in [3.63, 3.8) is 0 Å². The van der Waals surface area contributed by atoms with E-state index in [1.807, 2.05) is 0 Å². The van der Waals surface area contributed by atoms with E-state index in [0.717, 1.165) is 4.47 Å². The van der Waals surface area contributed by atoms with Crippen molar-refractivity contribution >= 4 is 44.8 Å². The lowest BCUT2D eigenvalue weighted by Crippen LogP contribution is -2.46. The molecule has 0 heterocycles. The number of anilines is 2. The summed E-state index contributed by atoms with van der Waals surface area (Å²) in [5.41, 5.74) is 5.91. The smallest absolute Gasteiger partial charge is 0.227 e. The van der Waals surface area contributed by atoms with Gasteiger partial charge in [0, 0.05) is 10.4 Å². The molecule has 4 nitrogen and oxygen atoms in total. The molecule has 1 aromatic rings. The fourth-order valence-electron chi connectivity index (χ4n) is 2.11. The molecule has 6 heteroatoms. The average Bonchev–Trinajstić information content (AvgIpc) is 2.21. The van der Waals surface area contributed by atoms with Gasteiger partial charge in [0.05, 0.1) is 22.0 Å². The van der Waals surface area contributed by atoms with Gasteiger partial charge >= 0.3 is 0 Å². The minimum atomic E-state index is -0.720. The summed E-state index contributed by atoms with van der Waals surface area (Å²) in [6.45, 7) is 1.72.